The molecular formula is C33H44N8O2. The lowest BCUT2D eigenvalue weighted by atomic mass is 10.1. The number of ketones is 1. The molecule has 2 aromatic carbocycles. The zero-order valence-corrected chi connectivity index (χ0v) is 25.8. The molecule has 0 bridgehead atoms. The van der Waals surface area contributed by atoms with Crippen molar-refractivity contribution >= 4 is 23.3 Å². The number of nitrogens with two attached hydrogens (primary N) is 1. The van der Waals surface area contributed by atoms with E-state index in [1.54, 1.807) is 4.52 Å². The van der Waals surface area contributed by atoms with Gasteiger partial charge >= 0.3 is 0 Å². The number of nitrogens with zero attached hydrogens (tertiary/aromatic N) is 6. The first kappa shape index (κ1) is 30.4. The van der Waals surface area contributed by atoms with Gasteiger partial charge in [0, 0.05) is 49.6 Å². The van der Waals surface area contributed by atoms with Crippen LogP contribution in [0.15, 0.2) is 54.7 Å². The Labute approximate surface area is 254 Å². The number of anilines is 2. The van der Waals surface area contributed by atoms with E-state index in [0.717, 1.165) is 72.7 Å². The Balaban J connectivity index is 1.29. The van der Waals surface area contributed by atoms with Crippen LogP contribution in [-0.2, 0) is 17.8 Å². The summed E-state index contributed by atoms with van der Waals surface area (Å²) in [7, 11) is 4.05. The number of aromatic nitrogens is 4. The van der Waals surface area contributed by atoms with E-state index in [1.165, 1.54) is 0 Å². The van der Waals surface area contributed by atoms with E-state index in [0.29, 0.717) is 31.3 Å². The molecule has 228 valence electrons. The standard InChI is InChI=1S/C33H44N8O2/c1-23(2)29-22-36-41-31(29)37-33(40-18-15-26(34)16-19-40)38-32(41)35-21-25-8-5-6-10-30(25)43-28-13-11-24(12-14-28)20-27(42)9-7-17-39(3)4/h5-6,8,10-14,22-23,26H,7,9,15-21,34H2,1-4H3,(H,35,37,38). The van der Waals surface area contributed by atoms with Gasteiger partial charge in [0.15, 0.2) is 5.65 Å². The van der Waals surface area contributed by atoms with E-state index in [-0.39, 0.29) is 17.7 Å². The number of carbonyl (C=O) groups is 1. The van der Waals surface area contributed by atoms with Gasteiger partial charge in [-0.2, -0.15) is 19.6 Å². The highest BCUT2D eigenvalue weighted by Crippen LogP contribution is 2.28. The van der Waals surface area contributed by atoms with Gasteiger partial charge in [-0.3, -0.25) is 4.79 Å². The molecule has 0 radical (unpaired) electrons. The maximum absolute atomic E-state index is 12.4. The summed E-state index contributed by atoms with van der Waals surface area (Å²) in [5, 5.41) is 8.13. The van der Waals surface area contributed by atoms with Crippen LogP contribution in [0.1, 0.15) is 62.1 Å². The van der Waals surface area contributed by atoms with E-state index in [2.05, 4.69) is 34.1 Å². The first-order valence-corrected chi connectivity index (χ1v) is 15.3. The summed E-state index contributed by atoms with van der Waals surface area (Å²) in [5.74, 6) is 3.35. The Hall–Kier alpha value is -4.02. The van der Waals surface area contributed by atoms with Crippen LogP contribution in [0.25, 0.3) is 5.65 Å². The molecule has 10 nitrogen and oxygen atoms in total. The van der Waals surface area contributed by atoms with Gasteiger partial charge in [-0.15, -0.1) is 0 Å². The van der Waals surface area contributed by atoms with Crippen molar-refractivity contribution in [2.45, 2.75) is 64.5 Å². The molecule has 0 spiro atoms. The van der Waals surface area contributed by atoms with Crippen molar-refractivity contribution < 1.29 is 9.53 Å². The smallest absolute Gasteiger partial charge is 0.230 e. The molecule has 0 unspecified atom stereocenters. The number of carbonyl (C=O) groups excluding carboxylic acids is 1. The first-order chi connectivity index (χ1) is 20.8. The zero-order chi connectivity index (χ0) is 30.3. The quantitative estimate of drug-likeness (QED) is 0.223. The molecule has 0 atom stereocenters. The minimum absolute atomic E-state index is 0.229. The molecule has 4 aromatic rings. The molecule has 10 heteroatoms. The molecule has 5 rings (SSSR count). The minimum atomic E-state index is 0.229. The largest absolute Gasteiger partial charge is 0.457 e. The Morgan fingerprint density at radius 2 is 1.84 bits per heavy atom. The third kappa shape index (κ3) is 7.88. The molecule has 2 aromatic heterocycles. The van der Waals surface area contributed by atoms with Crippen LogP contribution in [0.5, 0.6) is 11.5 Å². The molecule has 0 amide bonds. The molecule has 1 fully saturated rings. The van der Waals surface area contributed by atoms with Crippen LogP contribution < -0.4 is 20.7 Å². The number of Topliss-reactive ketones (excluding diaryl/α,β-unsaturated/α-hetero) is 1. The lowest BCUT2D eigenvalue weighted by molar-refractivity contribution is -0.118. The zero-order valence-electron chi connectivity index (χ0n) is 25.8. The molecule has 0 aliphatic carbocycles. The van der Waals surface area contributed by atoms with E-state index >= 15 is 0 Å². The van der Waals surface area contributed by atoms with Crippen molar-refractivity contribution in [1.82, 2.24) is 24.5 Å². The average Bonchev–Trinajstić information content (AvgIpc) is 3.42. The Bertz CT molecular complexity index is 1510. The predicted molar refractivity (Wildman–Crippen MR) is 171 cm³/mol. The number of piperidine rings is 1. The highest BCUT2D eigenvalue weighted by Gasteiger charge is 2.22. The molecule has 3 N–H and O–H groups in total. The SMILES string of the molecule is CC(C)c1cnn2c(NCc3ccccc3Oc3ccc(CC(=O)CCCN(C)C)cc3)nc(N3CCC(N)CC3)nc12. The maximum Gasteiger partial charge on any atom is 0.230 e. The fourth-order valence-electron chi connectivity index (χ4n) is 5.28. The number of para-hydroxylation sites is 1. The van der Waals surface area contributed by atoms with Crippen molar-refractivity contribution in [2.75, 3.05) is 43.9 Å². The third-order valence-electron chi connectivity index (χ3n) is 7.85. The van der Waals surface area contributed by atoms with Gasteiger partial charge in [0.1, 0.15) is 17.3 Å². The number of hydrogen-bond acceptors (Lipinski definition) is 9. The van der Waals surface area contributed by atoms with Crippen LogP contribution in [0.2, 0.25) is 0 Å². The average molecular weight is 585 g/mol. The van der Waals surface area contributed by atoms with Gasteiger partial charge in [0.25, 0.3) is 0 Å². The second kappa shape index (κ2) is 14.0. The van der Waals surface area contributed by atoms with E-state index in [9.17, 15) is 4.79 Å². The molecular weight excluding hydrogens is 540 g/mol. The van der Waals surface area contributed by atoms with Crippen LogP contribution in [0, 0.1) is 0 Å². The molecule has 1 aliphatic rings. The van der Waals surface area contributed by atoms with Crippen molar-refractivity contribution in [3.63, 3.8) is 0 Å². The lowest BCUT2D eigenvalue weighted by Gasteiger charge is -2.30. The second-order valence-electron chi connectivity index (χ2n) is 12.0. The van der Waals surface area contributed by atoms with Gasteiger partial charge < -0.3 is 25.6 Å². The molecule has 43 heavy (non-hydrogen) atoms. The summed E-state index contributed by atoms with van der Waals surface area (Å²) >= 11 is 0. The molecule has 1 saturated heterocycles. The van der Waals surface area contributed by atoms with Crippen LogP contribution in [-0.4, -0.2) is 70.0 Å². The van der Waals surface area contributed by atoms with Crippen molar-refractivity contribution in [2.24, 2.45) is 5.73 Å². The van der Waals surface area contributed by atoms with E-state index in [1.807, 2.05) is 68.8 Å². The fourth-order valence-corrected chi connectivity index (χ4v) is 5.28. The van der Waals surface area contributed by atoms with Crippen LogP contribution in [0.4, 0.5) is 11.9 Å². The van der Waals surface area contributed by atoms with Gasteiger partial charge in [-0.25, -0.2) is 0 Å². The Kier molecular flexibility index (Phi) is 9.89. The fraction of sp³-hybridized carbons (Fsp3) is 0.455. The van der Waals surface area contributed by atoms with Crippen molar-refractivity contribution in [1.29, 1.82) is 0 Å². The highest BCUT2D eigenvalue weighted by atomic mass is 16.5. The lowest BCUT2D eigenvalue weighted by Crippen LogP contribution is -2.40. The number of ether oxygens (including phenoxy) is 1. The van der Waals surface area contributed by atoms with Crippen LogP contribution >= 0.6 is 0 Å². The first-order valence-electron chi connectivity index (χ1n) is 15.3. The van der Waals surface area contributed by atoms with Gasteiger partial charge in [0.2, 0.25) is 11.9 Å². The molecule has 0 saturated carbocycles. The normalized spacial score (nSPS) is 14.2. The third-order valence-corrected chi connectivity index (χ3v) is 7.85. The summed E-state index contributed by atoms with van der Waals surface area (Å²) in [6.07, 6.45) is 5.65. The summed E-state index contributed by atoms with van der Waals surface area (Å²) in [5.41, 5.74) is 10.0. The maximum atomic E-state index is 12.4. The summed E-state index contributed by atoms with van der Waals surface area (Å²) in [4.78, 5) is 26.5. The number of fused-ring (bicyclic) bond motifs is 1. The monoisotopic (exact) mass is 584 g/mol. The van der Waals surface area contributed by atoms with Crippen molar-refractivity contribution in [3.8, 4) is 11.5 Å². The van der Waals surface area contributed by atoms with Gasteiger partial charge in [-0.1, -0.05) is 44.2 Å². The highest BCUT2D eigenvalue weighted by molar-refractivity contribution is 5.80. The Morgan fingerprint density at radius 3 is 2.56 bits per heavy atom. The molecule has 3 heterocycles. The predicted octanol–water partition coefficient (Wildman–Crippen LogP) is 5.03. The van der Waals surface area contributed by atoms with E-state index in [4.69, 9.17) is 20.4 Å². The minimum Gasteiger partial charge on any atom is -0.457 e. The van der Waals surface area contributed by atoms with Gasteiger partial charge in [0.05, 0.1) is 6.20 Å². The summed E-state index contributed by atoms with van der Waals surface area (Å²) < 4.78 is 8.09. The van der Waals surface area contributed by atoms with Crippen LogP contribution in [0.3, 0.4) is 0 Å². The number of hydrogen-bond donors (Lipinski definition) is 2. The number of rotatable bonds is 13. The summed E-state index contributed by atoms with van der Waals surface area (Å²) in [6, 6.07) is 16.0. The van der Waals surface area contributed by atoms with Gasteiger partial charge in [-0.05, 0) is 69.6 Å². The van der Waals surface area contributed by atoms with E-state index < -0.39 is 0 Å². The topological polar surface area (TPSA) is 114 Å². The second-order valence-corrected chi connectivity index (χ2v) is 12.0. The number of nitrogens with one attached hydrogen (secondary N) is 1. The molecule has 1 aliphatic heterocycles. The summed E-state index contributed by atoms with van der Waals surface area (Å²) in [6.45, 7) is 7.38. The Morgan fingerprint density at radius 1 is 1.09 bits per heavy atom. The van der Waals surface area contributed by atoms with Crippen molar-refractivity contribution in [3.05, 3.63) is 71.4 Å². The number of benzene rings is 2.